The summed E-state index contributed by atoms with van der Waals surface area (Å²) in [6.07, 6.45) is 1.78. The lowest BCUT2D eigenvalue weighted by molar-refractivity contribution is 1.10. The minimum absolute atomic E-state index is 0.991. The molecular formula is C4H8BN3. The maximum absolute atomic E-state index is 3.81. The summed E-state index contributed by atoms with van der Waals surface area (Å²) in [6.45, 7) is 2.00. The maximum atomic E-state index is 3.81. The average molecular weight is 109 g/mol. The van der Waals surface area contributed by atoms with Crippen LogP contribution in [0, 0.1) is 6.92 Å². The van der Waals surface area contributed by atoms with Gasteiger partial charge in [-0.25, -0.2) is 0 Å². The number of nitrogens with one attached hydrogen (secondary N) is 2. The first kappa shape index (κ1) is 5.22. The second kappa shape index (κ2) is 1.90. The summed E-state index contributed by atoms with van der Waals surface area (Å²) in [7, 11) is 1.86. The minimum atomic E-state index is 0.991. The molecule has 0 aliphatic rings. The molecule has 0 saturated carbocycles. The monoisotopic (exact) mass is 109 g/mol. The number of nitrogens with zero attached hydrogens (tertiary/aromatic N) is 1. The van der Waals surface area contributed by atoms with Gasteiger partial charge in [0.05, 0.1) is 6.20 Å². The molecule has 0 aliphatic carbocycles. The molecule has 0 bridgehead atoms. The molecule has 3 nitrogen and oxygen atoms in total. The summed E-state index contributed by atoms with van der Waals surface area (Å²) < 4.78 is 0. The molecule has 42 valence electrons. The number of rotatable bonds is 1. The van der Waals surface area contributed by atoms with Crippen molar-refractivity contribution < 1.29 is 0 Å². The van der Waals surface area contributed by atoms with Gasteiger partial charge in [-0.05, 0) is 6.92 Å². The van der Waals surface area contributed by atoms with Crippen molar-refractivity contribution >= 4 is 13.8 Å². The Hall–Kier alpha value is -0.925. The average Bonchev–Trinajstić information content (AvgIpc) is 2.14. The van der Waals surface area contributed by atoms with Gasteiger partial charge in [-0.1, -0.05) is 0 Å². The molecule has 0 aromatic carbocycles. The van der Waals surface area contributed by atoms with E-state index in [2.05, 4.69) is 15.4 Å². The smallest absolute Gasteiger partial charge is 0.215 e. The number of anilines is 1. The van der Waals surface area contributed by atoms with E-state index in [4.69, 9.17) is 0 Å². The first-order valence-corrected chi connectivity index (χ1v) is 2.52. The number of H-pyrrole nitrogens is 1. The maximum Gasteiger partial charge on any atom is 0.215 e. The molecule has 0 atom stereocenters. The predicted molar refractivity (Wildman–Crippen MR) is 35.5 cm³/mol. The number of hydrogen-bond acceptors (Lipinski definition) is 2. The highest BCUT2D eigenvalue weighted by Crippen LogP contribution is 2.05. The van der Waals surface area contributed by atoms with Gasteiger partial charge in [0.15, 0.2) is 0 Å². The molecule has 2 N–H and O–H groups in total. The number of aryl methyl sites for hydroxylation is 1. The van der Waals surface area contributed by atoms with Gasteiger partial charge < -0.3 is 5.23 Å². The van der Waals surface area contributed by atoms with Crippen LogP contribution in [0.5, 0.6) is 0 Å². The second-order valence-electron chi connectivity index (χ2n) is 1.68. The Morgan fingerprint density at radius 3 is 2.88 bits per heavy atom. The van der Waals surface area contributed by atoms with Gasteiger partial charge in [-0.15, -0.1) is 0 Å². The Morgan fingerprint density at radius 1 is 1.88 bits per heavy atom. The van der Waals surface area contributed by atoms with E-state index in [1.165, 1.54) is 0 Å². The fourth-order valence-corrected chi connectivity index (χ4v) is 0.599. The van der Waals surface area contributed by atoms with E-state index < -0.39 is 0 Å². The van der Waals surface area contributed by atoms with E-state index in [0.717, 1.165) is 11.4 Å². The van der Waals surface area contributed by atoms with Crippen molar-refractivity contribution in [3.8, 4) is 0 Å². The zero-order valence-corrected chi connectivity index (χ0v) is 5.02. The summed E-state index contributed by atoms with van der Waals surface area (Å²) in [5, 5.41) is 9.56. The third-order valence-corrected chi connectivity index (χ3v) is 1.08. The number of hydrogen-bond donors (Lipinski definition) is 2. The van der Waals surface area contributed by atoms with Crippen molar-refractivity contribution in [1.82, 2.24) is 10.2 Å². The van der Waals surface area contributed by atoms with E-state index in [0.29, 0.717) is 0 Å². The van der Waals surface area contributed by atoms with Crippen LogP contribution in [0.15, 0.2) is 6.20 Å². The van der Waals surface area contributed by atoms with Crippen LogP contribution in [0.3, 0.4) is 0 Å². The number of aromatic amines is 1. The quantitative estimate of drug-likeness (QED) is 0.485. The van der Waals surface area contributed by atoms with Crippen LogP contribution < -0.4 is 5.23 Å². The highest BCUT2D eigenvalue weighted by Gasteiger charge is 1.91. The predicted octanol–water partition coefficient (Wildman–Crippen LogP) is -0.322. The minimum Gasteiger partial charge on any atom is -0.420 e. The molecule has 1 aromatic rings. The van der Waals surface area contributed by atoms with E-state index in [1.807, 2.05) is 14.9 Å². The molecular weight excluding hydrogens is 101 g/mol. The van der Waals surface area contributed by atoms with Gasteiger partial charge in [0.1, 0.15) is 5.82 Å². The zero-order chi connectivity index (χ0) is 5.98. The molecule has 8 heavy (non-hydrogen) atoms. The largest absolute Gasteiger partial charge is 0.420 e. The van der Waals surface area contributed by atoms with E-state index >= 15 is 0 Å². The lowest BCUT2D eigenvalue weighted by Gasteiger charge is -1.92. The summed E-state index contributed by atoms with van der Waals surface area (Å²) in [5.74, 6) is 0.991. The Kier molecular flexibility index (Phi) is 1.24. The van der Waals surface area contributed by atoms with E-state index in [1.54, 1.807) is 6.20 Å². The SMILES string of the molecule is BNc1[nH]ncc1C. The van der Waals surface area contributed by atoms with Crippen LogP contribution >= 0.6 is 0 Å². The second-order valence-corrected chi connectivity index (χ2v) is 1.68. The Labute approximate surface area is 48.9 Å². The van der Waals surface area contributed by atoms with Gasteiger partial charge in [0, 0.05) is 5.56 Å². The number of aromatic nitrogens is 2. The molecule has 0 unspecified atom stereocenters. The summed E-state index contributed by atoms with van der Waals surface area (Å²) in [4.78, 5) is 0. The summed E-state index contributed by atoms with van der Waals surface area (Å²) >= 11 is 0. The van der Waals surface area contributed by atoms with Crippen LogP contribution in [0.2, 0.25) is 0 Å². The third kappa shape index (κ3) is 0.687. The third-order valence-electron chi connectivity index (χ3n) is 1.08. The van der Waals surface area contributed by atoms with Crippen molar-refractivity contribution in [2.75, 3.05) is 5.23 Å². The van der Waals surface area contributed by atoms with Crippen molar-refractivity contribution in [1.29, 1.82) is 0 Å². The normalized spacial score (nSPS) is 9.12. The van der Waals surface area contributed by atoms with Crippen LogP contribution in [-0.2, 0) is 0 Å². The van der Waals surface area contributed by atoms with Gasteiger partial charge in [-0.3, -0.25) is 5.10 Å². The molecule has 0 saturated heterocycles. The zero-order valence-electron chi connectivity index (χ0n) is 5.02. The lowest BCUT2D eigenvalue weighted by atomic mass is 10.3. The topological polar surface area (TPSA) is 40.7 Å². The van der Waals surface area contributed by atoms with Crippen molar-refractivity contribution in [3.63, 3.8) is 0 Å². The summed E-state index contributed by atoms with van der Waals surface area (Å²) in [5.41, 5.74) is 1.15. The molecule has 0 aliphatic heterocycles. The van der Waals surface area contributed by atoms with Gasteiger partial charge >= 0.3 is 0 Å². The fourth-order valence-electron chi connectivity index (χ4n) is 0.599. The lowest BCUT2D eigenvalue weighted by Crippen LogP contribution is -1.91. The van der Waals surface area contributed by atoms with E-state index in [-0.39, 0.29) is 0 Å². The first-order valence-electron chi connectivity index (χ1n) is 2.52. The Bertz CT molecular complexity index is 172. The standard InChI is InChI=1S/C4H8BN3/c1-3-2-6-8-4(3)7-5/h2H,5H2,1H3,(H2,6,7,8). The van der Waals surface area contributed by atoms with Crippen molar-refractivity contribution in [2.45, 2.75) is 6.92 Å². The van der Waals surface area contributed by atoms with Crippen molar-refractivity contribution in [3.05, 3.63) is 11.8 Å². The molecule has 0 fully saturated rings. The fraction of sp³-hybridized carbons (Fsp3) is 0.250. The van der Waals surface area contributed by atoms with Crippen molar-refractivity contribution in [2.24, 2.45) is 0 Å². The van der Waals surface area contributed by atoms with Crippen LogP contribution in [-0.4, -0.2) is 18.2 Å². The Balaban J connectivity index is 2.92. The highest BCUT2D eigenvalue weighted by molar-refractivity contribution is 6.15. The van der Waals surface area contributed by atoms with Gasteiger partial charge in [-0.2, -0.15) is 5.10 Å². The molecule has 0 amide bonds. The van der Waals surface area contributed by atoms with Gasteiger partial charge in [0.25, 0.3) is 0 Å². The van der Waals surface area contributed by atoms with Crippen LogP contribution in [0.4, 0.5) is 5.82 Å². The molecule has 4 heteroatoms. The molecule has 1 rings (SSSR count). The first-order chi connectivity index (χ1) is 3.84. The Morgan fingerprint density at radius 2 is 2.62 bits per heavy atom. The van der Waals surface area contributed by atoms with Crippen LogP contribution in [0.1, 0.15) is 5.56 Å². The van der Waals surface area contributed by atoms with Gasteiger partial charge in [0.2, 0.25) is 7.98 Å². The molecule has 0 radical (unpaired) electrons. The molecule has 1 heterocycles. The van der Waals surface area contributed by atoms with E-state index in [9.17, 15) is 0 Å². The van der Waals surface area contributed by atoms with Crippen LogP contribution in [0.25, 0.3) is 0 Å². The molecule has 0 spiro atoms. The highest BCUT2D eigenvalue weighted by atomic mass is 15.2. The molecule has 1 aromatic heterocycles. The summed E-state index contributed by atoms with van der Waals surface area (Å²) in [6, 6.07) is 0.